The van der Waals surface area contributed by atoms with Gasteiger partial charge in [-0.05, 0) is 44.2 Å². The minimum Gasteiger partial charge on any atom is -0.378 e. The first-order chi connectivity index (χ1) is 8.88. The highest BCUT2D eigenvalue weighted by atomic mass is 16.5. The van der Waals surface area contributed by atoms with Gasteiger partial charge in [-0.2, -0.15) is 0 Å². The second-order valence-corrected chi connectivity index (χ2v) is 5.14. The molecule has 1 aliphatic rings. The summed E-state index contributed by atoms with van der Waals surface area (Å²) >= 11 is 0. The third-order valence-electron chi connectivity index (χ3n) is 3.75. The monoisotopic (exact) mass is 247 g/mol. The minimum atomic E-state index is 0.489. The molecule has 1 aliphatic carbocycles. The molecule has 1 N–H and O–H groups in total. The van der Waals surface area contributed by atoms with Crippen LogP contribution >= 0.6 is 0 Å². The van der Waals surface area contributed by atoms with Crippen molar-refractivity contribution in [1.82, 2.24) is 5.32 Å². The van der Waals surface area contributed by atoms with Crippen LogP contribution in [0.2, 0.25) is 0 Å². The lowest BCUT2D eigenvalue weighted by atomic mass is 9.93. The van der Waals surface area contributed by atoms with Crippen LogP contribution in [0, 0.1) is 0 Å². The van der Waals surface area contributed by atoms with Gasteiger partial charge in [-0.1, -0.05) is 37.3 Å². The van der Waals surface area contributed by atoms with E-state index < -0.39 is 0 Å². The Balaban J connectivity index is 1.61. The van der Waals surface area contributed by atoms with Crippen molar-refractivity contribution in [3.8, 4) is 0 Å². The summed E-state index contributed by atoms with van der Waals surface area (Å²) in [5, 5.41) is 3.53. The first kappa shape index (κ1) is 13.6. The molecule has 0 aromatic heterocycles. The number of rotatable bonds is 6. The number of benzene rings is 1. The van der Waals surface area contributed by atoms with E-state index in [2.05, 4.69) is 42.6 Å². The van der Waals surface area contributed by atoms with Crippen LogP contribution in [0.1, 0.15) is 38.2 Å². The topological polar surface area (TPSA) is 21.3 Å². The van der Waals surface area contributed by atoms with Crippen LogP contribution < -0.4 is 5.32 Å². The van der Waals surface area contributed by atoms with E-state index in [1.807, 2.05) is 0 Å². The van der Waals surface area contributed by atoms with Gasteiger partial charge in [0, 0.05) is 6.04 Å². The van der Waals surface area contributed by atoms with Crippen molar-refractivity contribution in [1.29, 1.82) is 0 Å². The zero-order chi connectivity index (χ0) is 12.6. The van der Waals surface area contributed by atoms with E-state index in [1.54, 1.807) is 0 Å². The van der Waals surface area contributed by atoms with Crippen LogP contribution in [-0.4, -0.2) is 25.3 Å². The molecule has 2 rings (SSSR count). The fraction of sp³-hybridized carbons (Fsp3) is 0.625. The van der Waals surface area contributed by atoms with Crippen LogP contribution in [0.5, 0.6) is 0 Å². The second kappa shape index (κ2) is 7.55. The van der Waals surface area contributed by atoms with Crippen LogP contribution in [0.4, 0.5) is 0 Å². The highest BCUT2D eigenvalue weighted by Crippen LogP contribution is 2.21. The molecule has 2 nitrogen and oxygen atoms in total. The lowest BCUT2D eigenvalue weighted by Gasteiger charge is -2.29. The van der Waals surface area contributed by atoms with Crippen molar-refractivity contribution in [3.63, 3.8) is 0 Å². The summed E-state index contributed by atoms with van der Waals surface area (Å²) in [4.78, 5) is 0. The summed E-state index contributed by atoms with van der Waals surface area (Å²) < 4.78 is 5.99. The van der Waals surface area contributed by atoms with Gasteiger partial charge in [0.15, 0.2) is 0 Å². The summed E-state index contributed by atoms with van der Waals surface area (Å²) in [5.74, 6) is 0. The van der Waals surface area contributed by atoms with Crippen molar-refractivity contribution in [2.45, 2.75) is 51.2 Å². The Morgan fingerprint density at radius 1 is 1.11 bits per heavy atom. The summed E-state index contributed by atoms with van der Waals surface area (Å²) in [5.41, 5.74) is 1.37. The van der Waals surface area contributed by atoms with Crippen molar-refractivity contribution in [3.05, 3.63) is 35.9 Å². The molecule has 0 amide bonds. The molecule has 0 spiro atoms. The van der Waals surface area contributed by atoms with E-state index in [-0.39, 0.29) is 0 Å². The zero-order valence-corrected chi connectivity index (χ0v) is 11.4. The minimum absolute atomic E-state index is 0.489. The van der Waals surface area contributed by atoms with E-state index in [9.17, 15) is 0 Å². The van der Waals surface area contributed by atoms with E-state index in [0.29, 0.717) is 6.10 Å². The molecule has 0 bridgehead atoms. The quantitative estimate of drug-likeness (QED) is 0.833. The molecule has 100 valence electrons. The maximum absolute atomic E-state index is 5.99. The van der Waals surface area contributed by atoms with Gasteiger partial charge < -0.3 is 10.1 Å². The maximum atomic E-state index is 5.99. The summed E-state index contributed by atoms with van der Waals surface area (Å²) in [6.07, 6.45) is 6.49. The zero-order valence-electron chi connectivity index (χ0n) is 11.4. The Labute approximate surface area is 111 Å². The van der Waals surface area contributed by atoms with Gasteiger partial charge in [0.05, 0.1) is 12.7 Å². The highest BCUT2D eigenvalue weighted by Gasteiger charge is 2.20. The molecule has 0 heterocycles. The van der Waals surface area contributed by atoms with E-state index in [4.69, 9.17) is 4.74 Å². The lowest BCUT2D eigenvalue weighted by Crippen LogP contribution is -2.35. The summed E-state index contributed by atoms with van der Waals surface area (Å²) in [6, 6.07) is 11.3. The average molecular weight is 247 g/mol. The molecular weight excluding hydrogens is 222 g/mol. The van der Waals surface area contributed by atoms with Gasteiger partial charge in [-0.15, -0.1) is 0 Å². The molecule has 0 unspecified atom stereocenters. The lowest BCUT2D eigenvalue weighted by molar-refractivity contribution is 0.0244. The van der Waals surface area contributed by atoms with Gasteiger partial charge >= 0.3 is 0 Å². The molecule has 0 atom stereocenters. The molecule has 18 heavy (non-hydrogen) atoms. The molecule has 1 saturated carbocycles. The van der Waals surface area contributed by atoms with Gasteiger partial charge in [0.25, 0.3) is 0 Å². The SMILES string of the molecule is CCNC1CCC(OCCc2ccccc2)CC1. The van der Waals surface area contributed by atoms with Crippen molar-refractivity contribution >= 4 is 0 Å². The van der Waals surface area contributed by atoms with Crippen molar-refractivity contribution < 1.29 is 4.74 Å². The van der Waals surface area contributed by atoms with Crippen molar-refractivity contribution in [2.75, 3.05) is 13.2 Å². The maximum Gasteiger partial charge on any atom is 0.0576 e. The fourth-order valence-corrected chi connectivity index (χ4v) is 2.71. The number of hydrogen-bond acceptors (Lipinski definition) is 2. The predicted molar refractivity (Wildman–Crippen MR) is 75.8 cm³/mol. The summed E-state index contributed by atoms with van der Waals surface area (Å²) in [6.45, 7) is 4.13. The Morgan fingerprint density at radius 2 is 1.83 bits per heavy atom. The van der Waals surface area contributed by atoms with E-state index in [1.165, 1.54) is 31.2 Å². The molecule has 1 fully saturated rings. The van der Waals surface area contributed by atoms with Crippen molar-refractivity contribution in [2.24, 2.45) is 0 Å². The van der Waals surface area contributed by atoms with Gasteiger partial charge in [-0.3, -0.25) is 0 Å². The van der Waals surface area contributed by atoms with Crippen LogP contribution in [0.3, 0.4) is 0 Å². The Hall–Kier alpha value is -0.860. The van der Waals surface area contributed by atoms with Crippen LogP contribution in [-0.2, 0) is 11.2 Å². The first-order valence-electron chi connectivity index (χ1n) is 7.27. The van der Waals surface area contributed by atoms with Crippen LogP contribution in [0.25, 0.3) is 0 Å². The second-order valence-electron chi connectivity index (χ2n) is 5.14. The third kappa shape index (κ3) is 4.43. The Morgan fingerprint density at radius 3 is 2.50 bits per heavy atom. The number of nitrogens with one attached hydrogen (secondary N) is 1. The molecule has 1 aromatic rings. The smallest absolute Gasteiger partial charge is 0.0576 e. The molecule has 0 radical (unpaired) electrons. The number of hydrogen-bond donors (Lipinski definition) is 1. The molecule has 0 aliphatic heterocycles. The van der Waals surface area contributed by atoms with E-state index >= 15 is 0 Å². The molecule has 2 heteroatoms. The third-order valence-corrected chi connectivity index (χ3v) is 3.75. The van der Waals surface area contributed by atoms with Gasteiger partial charge in [0.2, 0.25) is 0 Å². The average Bonchev–Trinajstić information content (AvgIpc) is 2.42. The molecule has 1 aromatic carbocycles. The fourth-order valence-electron chi connectivity index (χ4n) is 2.71. The Kier molecular flexibility index (Phi) is 5.69. The Bertz CT molecular complexity index is 317. The van der Waals surface area contributed by atoms with Gasteiger partial charge in [-0.25, -0.2) is 0 Å². The number of ether oxygens (including phenoxy) is 1. The highest BCUT2D eigenvalue weighted by molar-refractivity contribution is 5.14. The summed E-state index contributed by atoms with van der Waals surface area (Å²) in [7, 11) is 0. The normalized spacial score (nSPS) is 24.1. The largest absolute Gasteiger partial charge is 0.378 e. The molecule has 0 saturated heterocycles. The van der Waals surface area contributed by atoms with Gasteiger partial charge in [0.1, 0.15) is 0 Å². The van der Waals surface area contributed by atoms with E-state index in [0.717, 1.165) is 25.6 Å². The first-order valence-corrected chi connectivity index (χ1v) is 7.27. The van der Waals surface area contributed by atoms with Crippen LogP contribution in [0.15, 0.2) is 30.3 Å². The standard InChI is InChI=1S/C16H25NO/c1-2-17-15-8-10-16(11-9-15)18-13-12-14-6-4-3-5-7-14/h3-7,15-17H,2,8-13H2,1H3. The molecular formula is C16H25NO. The predicted octanol–water partition coefficient (Wildman–Crippen LogP) is 3.17.